The largest absolute Gasteiger partial charge is 0.419 e. The van der Waals surface area contributed by atoms with Crippen LogP contribution in [0.2, 0.25) is 0 Å². The standard InChI is InChI=1S/C14H13BrINO4/c1-7-9(15)4-5-10(11(7)16)17-6-8-12(18)20-14(2,3)21-13(8)19/h4-6,17H,1-3H3. The third kappa shape index (κ3) is 3.57. The van der Waals surface area contributed by atoms with Crippen molar-refractivity contribution in [3.8, 4) is 0 Å². The lowest BCUT2D eigenvalue weighted by atomic mass is 10.2. The van der Waals surface area contributed by atoms with Crippen LogP contribution < -0.4 is 5.32 Å². The van der Waals surface area contributed by atoms with Crippen LogP contribution in [0.5, 0.6) is 0 Å². The highest BCUT2D eigenvalue weighted by Crippen LogP contribution is 2.29. The van der Waals surface area contributed by atoms with Gasteiger partial charge in [-0.3, -0.25) is 0 Å². The Morgan fingerprint density at radius 3 is 2.38 bits per heavy atom. The minimum atomic E-state index is -1.23. The van der Waals surface area contributed by atoms with Gasteiger partial charge in [-0.25, -0.2) is 9.59 Å². The van der Waals surface area contributed by atoms with Crippen molar-refractivity contribution >= 4 is 56.1 Å². The van der Waals surface area contributed by atoms with Gasteiger partial charge >= 0.3 is 11.9 Å². The second-order valence-corrected chi connectivity index (χ2v) is 6.85. The fraction of sp³-hybridized carbons (Fsp3) is 0.286. The summed E-state index contributed by atoms with van der Waals surface area (Å²) in [6.07, 6.45) is 1.31. The van der Waals surface area contributed by atoms with Gasteiger partial charge in [0.25, 0.3) is 5.79 Å². The zero-order valence-electron chi connectivity index (χ0n) is 11.6. The Balaban J connectivity index is 2.24. The molecule has 0 aliphatic carbocycles. The molecular formula is C14H13BrINO4. The molecule has 1 fully saturated rings. The van der Waals surface area contributed by atoms with E-state index in [1.165, 1.54) is 20.0 Å². The molecule has 5 nitrogen and oxygen atoms in total. The number of anilines is 1. The number of ether oxygens (including phenoxy) is 2. The third-order valence-electron chi connectivity index (χ3n) is 2.81. The van der Waals surface area contributed by atoms with E-state index < -0.39 is 17.7 Å². The quantitative estimate of drug-likeness (QED) is 0.313. The summed E-state index contributed by atoms with van der Waals surface area (Å²) in [7, 11) is 0. The fourth-order valence-electron chi connectivity index (χ4n) is 1.70. The van der Waals surface area contributed by atoms with Crippen molar-refractivity contribution in [2.24, 2.45) is 0 Å². The summed E-state index contributed by atoms with van der Waals surface area (Å²) in [5, 5.41) is 2.95. The van der Waals surface area contributed by atoms with Gasteiger partial charge in [-0.1, -0.05) is 15.9 Å². The second kappa shape index (κ2) is 5.96. The summed E-state index contributed by atoms with van der Waals surface area (Å²) in [6, 6.07) is 3.73. The predicted octanol–water partition coefficient (Wildman–Crippen LogP) is 3.49. The van der Waals surface area contributed by atoms with Crippen molar-refractivity contribution in [3.63, 3.8) is 0 Å². The SMILES string of the molecule is Cc1c(Br)ccc(NC=C2C(=O)OC(C)(C)OC2=O)c1I. The molecule has 0 amide bonds. The first-order chi connectivity index (χ1) is 9.71. The van der Waals surface area contributed by atoms with E-state index in [-0.39, 0.29) is 5.57 Å². The van der Waals surface area contributed by atoms with Crippen LogP contribution >= 0.6 is 38.5 Å². The van der Waals surface area contributed by atoms with Crippen molar-refractivity contribution in [1.82, 2.24) is 0 Å². The van der Waals surface area contributed by atoms with Crippen LogP contribution in [-0.4, -0.2) is 17.7 Å². The molecule has 112 valence electrons. The molecule has 1 aliphatic heterocycles. The van der Waals surface area contributed by atoms with Gasteiger partial charge in [0, 0.05) is 28.1 Å². The fourth-order valence-corrected chi connectivity index (χ4v) is 3.03. The summed E-state index contributed by atoms with van der Waals surface area (Å²) < 4.78 is 12.0. The third-order valence-corrected chi connectivity index (χ3v) is 5.06. The number of rotatable bonds is 2. The Kier molecular flexibility index (Phi) is 4.62. The minimum absolute atomic E-state index is 0.161. The predicted molar refractivity (Wildman–Crippen MR) is 89.6 cm³/mol. The van der Waals surface area contributed by atoms with Gasteiger partial charge in [0.05, 0.1) is 5.69 Å². The lowest BCUT2D eigenvalue weighted by molar-refractivity contribution is -0.222. The van der Waals surface area contributed by atoms with Crippen LogP contribution in [-0.2, 0) is 19.1 Å². The molecule has 0 spiro atoms. The first-order valence-electron chi connectivity index (χ1n) is 6.09. The molecule has 0 aromatic heterocycles. The first kappa shape index (κ1) is 16.3. The van der Waals surface area contributed by atoms with Crippen molar-refractivity contribution in [3.05, 3.63) is 37.5 Å². The van der Waals surface area contributed by atoms with Crippen molar-refractivity contribution in [2.75, 3.05) is 5.32 Å². The molecule has 7 heteroatoms. The highest BCUT2D eigenvalue weighted by Gasteiger charge is 2.38. The van der Waals surface area contributed by atoms with E-state index >= 15 is 0 Å². The molecule has 0 saturated carbocycles. The normalized spacial score (nSPS) is 17.1. The summed E-state index contributed by atoms with van der Waals surface area (Å²) in [5.41, 5.74) is 1.69. The van der Waals surface area contributed by atoms with Gasteiger partial charge in [-0.15, -0.1) is 0 Å². The van der Waals surface area contributed by atoms with E-state index in [2.05, 4.69) is 43.8 Å². The van der Waals surface area contributed by atoms with E-state index in [0.717, 1.165) is 19.3 Å². The van der Waals surface area contributed by atoms with Gasteiger partial charge in [-0.2, -0.15) is 0 Å². The number of esters is 2. The van der Waals surface area contributed by atoms with E-state index in [4.69, 9.17) is 9.47 Å². The second-order valence-electron chi connectivity index (χ2n) is 4.92. The molecule has 0 unspecified atom stereocenters. The van der Waals surface area contributed by atoms with Crippen molar-refractivity contribution in [2.45, 2.75) is 26.6 Å². The van der Waals surface area contributed by atoms with Gasteiger partial charge in [0.1, 0.15) is 0 Å². The maximum absolute atomic E-state index is 11.8. The Morgan fingerprint density at radius 2 is 1.81 bits per heavy atom. The van der Waals surface area contributed by atoms with Crippen LogP contribution in [0.25, 0.3) is 0 Å². The number of carbonyl (C=O) groups excluding carboxylic acids is 2. The van der Waals surface area contributed by atoms with E-state index in [9.17, 15) is 9.59 Å². The molecule has 0 atom stereocenters. The maximum Gasteiger partial charge on any atom is 0.350 e. The van der Waals surface area contributed by atoms with E-state index in [1.807, 2.05) is 19.1 Å². The monoisotopic (exact) mass is 465 g/mol. The summed E-state index contributed by atoms with van der Waals surface area (Å²) in [5.74, 6) is -2.63. The molecule has 1 saturated heterocycles. The Hall–Kier alpha value is -1.09. The summed E-state index contributed by atoms with van der Waals surface area (Å²) in [6.45, 7) is 4.98. The Bertz CT molecular complexity index is 633. The number of carbonyl (C=O) groups is 2. The van der Waals surface area contributed by atoms with Crippen molar-refractivity contribution < 1.29 is 19.1 Å². The van der Waals surface area contributed by atoms with Crippen LogP contribution in [0.3, 0.4) is 0 Å². The average molecular weight is 466 g/mol. The van der Waals surface area contributed by atoms with E-state index in [0.29, 0.717) is 0 Å². The highest BCUT2D eigenvalue weighted by molar-refractivity contribution is 14.1. The molecule has 0 radical (unpaired) electrons. The zero-order chi connectivity index (χ0) is 15.8. The van der Waals surface area contributed by atoms with Crippen LogP contribution in [0.1, 0.15) is 19.4 Å². The zero-order valence-corrected chi connectivity index (χ0v) is 15.4. The lowest BCUT2D eigenvalue weighted by Crippen LogP contribution is -2.42. The summed E-state index contributed by atoms with van der Waals surface area (Å²) >= 11 is 5.63. The van der Waals surface area contributed by atoms with Crippen LogP contribution in [0.15, 0.2) is 28.4 Å². The number of hydrogen-bond acceptors (Lipinski definition) is 5. The molecule has 1 aromatic rings. The Morgan fingerprint density at radius 1 is 1.24 bits per heavy atom. The molecule has 2 rings (SSSR count). The number of nitrogens with one attached hydrogen (secondary N) is 1. The van der Waals surface area contributed by atoms with E-state index in [1.54, 1.807) is 0 Å². The number of halogens is 2. The van der Waals surface area contributed by atoms with Crippen LogP contribution in [0, 0.1) is 10.5 Å². The molecule has 1 heterocycles. The maximum atomic E-state index is 11.8. The number of hydrogen-bond donors (Lipinski definition) is 1. The van der Waals surface area contributed by atoms with Crippen LogP contribution in [0.4, 0.5) is 5.69 Å². The lowest BCUT2D eigenvalue weighted by Gasteiger charge is -2.29. The molecule has 0 bridgehead atoms. The van der Waals surface area contributed by atoms with Gasteiger partial charge in [0.15, 0.2) is 5.57 Å². The first-order valence-corrected chi connectivity index (χ1v) is 7.96. The molecule has 1 N–H and O–H groups in total. The minimum Gasteiger partial charge on any atom is -0.419 e. The van der Waals surface area contributed by atoms with Gasteiger partial charge in [0.2, 0.25) is 0 Å². The number of benzene rings is 1. The van der Waals surface area contributed by atoms with Crippen molar-refractivity contribution in [1.29, 1.82) is 0 Å². The average Bonchev–Trinajstić information content (AvgIpc) is 2.36. The molecule has 21 heavy (non-hydrogen) atoms. The Labute approximate surface area is 144 Å². The smallest absolute Gasteiger partial charge is 0.350 e. The van der Waals surface area contributed by atoms with Gasteiger partial charge in [-0.05, 0) is 47.2 Å². The summed E-state index contributed by atoms with van der Waals surface area (Å²) in [4.78, 5) is 23.6. The topological polar surface area (TPSA) is 64.6 Å². The molecule has 1 aliphatic rings. The number of cyclic esters (lactones) is 2. The highest BCUT2D eigenvalue weighted by atomic mass is 127. The van der Waals surface area contributed by atoms with Gasteiger partial charge < -0.3 is 14.8 Å². The molecular weight excluding hydrogens is 453 g/mol. The molecule has 1 aromatic carbocycles.